The van der Waals surface area contributed by atoms with Gasteiger partial charge in [-0.05, 0) is 49.2 Å². The first-order valence-corrected chi connectivity index (χ1v) is 8.15. The summed E-state index contributed by atoms with van der Waals surface area (Å²) in [6, 6.07) is 8.89. The Balaban J connectivity index is 2.05. The molecule has 0 aliphatic carbocycles. The first kappa shape index (κ1) is 17.9. The lowest BCUT2D eigenvalue weighted by Gasteiger charge is -2.26. The van der Waals surface area contributed by atoms with Crippen LogP contribution in [0.5, 0.6) is 0 Å². The van der Waals surface area contributed by atoms with Crippen LogP contribution in [0.2, 0.25) is 5.02 Å². The van der Waals surface area contributed by atoms with E-state index in [9.17, 15) is 18.3 Å². The van der Waals surface area contributed by atoms with Crippen molar-refractivity contribution in [2.45, 2.75) is 25.6 Å². The largest absolute Gasteiger partial charge is 0.417 e. The van der Waals surface area contributed by atoms with E-state index in [0.717, 1.165) is 17.4 Å². The molecule has 1 aliphatic heterocycles. The second-order valence-electron chi connectivity index (χ2n) is 6.76. The summed E-state index contributed by atoms with van der Waals surface area (Å²) in [6.07, 6.45) is -4.50. The van der Waals surface area contributed by atoms with Gasteiger partial charge in [0.15, 0.2) is 0 Å². The summed E-state index contributed by atoms with van der Waals surface area (Å²) in [7, 11) is 0. The van der Waals surface area contributed by atoms with E-state index in [0.29, 0.717) is 18.8 Å². The molecule has 0 bridgehead atoms. The van der Waals surface area contributed by atoms with E-state index in [1.807, 2.05) is 4.90 Å². The van der Waals surface area contributed by atoms with Crippen molar-refractivity contribution in [3.8, 4) is 11.1 Å². The molecule has 25 heavy (non-hydrogen) atoms. The van der Waals surface area contributed by atoms with E-state index in [1.54, 1.807) is 32.0 Å². The summed E-state index contributed by atoms with van der Waals surface area (Å²) in [5.74, 6) is 0. The van der Waals surface area contributed by atoms with Gasteiger partial charge in [0.05, 0.1) is 29.2 Å². The SMILES string of the molecule is CC(C)(O)CN1CNc2ccc(-c3ccc(Cl)cc3C(F)(F)F)cc21. The van der Waals surface area contributed by atoms with E-state index >= 15 is 0 Å². The molecule has 0 fully saturated rings. The molecule has 1 heterocycles. The zero-order valence-corrected chi connectivity index (χ0v) is 14.5. The van der Waals surface area contributed by atoms with E-state index in [1.165, 1.54) is 12.1 Å². The number of nitrogens with one attached hydrogen (secondary N) is 1. The van der Waals surface area contributed by atoms with Crippen LogP contribution in [-0.2, 0) is 6.18 Å². The number of alkyl halides is 3. The highest BCUT2D eigenvalue weighted by Crippen LogP contribution is 2.41. The molecule has 7 heteroatoms. The molecule has 0 unspecified atom stereocenters. The van der Waals surface area contributed by atoms with Crippen LogP contribution in [0.4, 0.5) is 24.5 Å². The number of anilines is 2. The zero-order chi connectivity index (χ0) is 18.4. The lowest BCUT2D eigenvalue weighted by molar-refractivity contribution is -0.137. The quantitative estimate of drug-likeness (QED) is 0.799. The topological polar surface area (TPSA) is 35.5 Å². The third kappa shape index (κ3) is 3.85. The van der Waals surface area contributed by atoms with Gasteiger partial charge in [-0.3, -0.25) is 0 Å². The van der Waals surface area contributed by atoms with Crippen molar-refractivity contribution in [3.63, 3.8) is 0 Å². The Bertz CT molecular complexity index is 800. The maximum atomic E-state index is 13.4. The van der Waals surface area contributed by atoms with Crippen LogP contribution in [0.1, 0.15) is 19.4 Å². The van der Waals surface area contributed by atoms with Gasteiger partial charge in [-0.15, -0.1) is 0 Å². The average Bonchev–Trinajstić information content (AvgIpc) is 2.87. The minimum atomic E-state index is -4.50. The first-order chi connectivity index (χ1) is 11.5. The molecule has 0 saturated carbocycles. The van der Waals surface area contributed by atoms with Crippen molar-refractivity contribution in [1.29, 1.82) is 0 Å². The summed E-state index contributed by atoms with van der Waals surface area (Å²) in [5.41, 5.74) is 0.441. The van der Waals surface area contributed by atoms with Crippen molar-refractivity contribution in [2.24, 2.45) is 0 Å². The van der Waals surface area contributed by atoms with Gasteiger partial charge in [0, 0.05) is 11.6 Å². The van der Waals surface area contributed by atoms with Crippen molar-refractivity contribution < 1.29 is 18.3 Å². The summed E-state index contributed by atoms with van der Waals surface area (Å²) in [6.45, 7) is 4.24. The Kier molecular flexibility index (Phi) is 4.37. The van der Waals surface area contributed by atoms with Gasteiger partial charge in [0.1, 0.15) is 0 Å². The van der Waals surface area contributed by atoms with Crippen LogP contribution in [0.25, 0.3) is 11.1 Å². The van der Waals surface area contributed by atoms with Gasteiger partial charge in [-0.1, -0.05) is 23.7 Å². The smallest absolute Gasteiger partial charge is 0.389 e. The minimum absolute atomic E-state index is 0.0440. The number of aliphatic hydroxyl groups is 1. The molecule has 0 spiro atoms. The summed E-state index contributed by atoms with van der Waals surface area (Å²) in [4.78, 5) is 1.90. The number of hydrogen-bond acceptors (Lipinski definition) is 3. The van der Waals surface area contributed by atoms with Gasteiger partial charge in [-0.25, -0.2) is 0 Å². The molecule has 0 atom stereocenters. The molecule has 0 radical (unpaired) electrons. The molecule has 2 aromatic rings. The molecular formula is C18H18ClF3N2O. The molecule has 3 rings (SSSR count). The van der Waals surface area contributed by atoms with E-state index in [2.05, 4.69) is 5.32 Å². The molecule has 2 N–H and O–H groups in total. The molecule has 2 aromatic carbocycles. The number of β-amino-alcohol motifs (C(OH)–C–C–N with tert-alkyl or cyclic N) is 1. The van der Waals surface area contributed by atoms with Crippen LogP contribution in [-0.4, -0.2) is 23.9 Å². The Morgan fingerprint density at radius 3 is 2.52 bits per heavy atom. The van der Waals surface area contributed by atoms with E-state index in [-0.39, 0.29) is 10.6 Å². The Morgan fingerprint density at radius 1 is 1.16 bits per heavy atom. The second-order valence-corrected chi connectivity index (χ2v) is 7.20. The molecule has 0 amide bonds. The maximum absolute atomic E-state index is 13.4. The lowest BCUT2D eigenvalue weighted by Crippen LogP contribution is -2.38. The molecular weight excluding hydrogens is 353 g/mol. The number of fused-ring (bicyclic) bond motifs is 1. The van der Waals surface area contributed by atoms with Gasteiger partial charge in [-0.2, -0.15) is 13.2 Å². The molecule has 134 valence electrons. The van der Waals surface area contributed by atoms with Crippen LogP contribution in [0.3, 0.4) is 0 Å². The Labute approximate surface area is 149 Å². The summed E-state index contributed by atoms with van der Waals surface area (Å²) < 4.78 is 40.1. The van der Waals surface area contributed by atoms with E-state index in [4.69, 9.17) is 11.6 Å². The first-order valence-electron chi connectivity index (χ1n) is 7.77. The number of benzene rings is 2. The minimum Gasteiger partial charge on any atom is -0.389 e. The summed E-state index contributed by atoms with van der Waals surface area (Å²) in [5, 5.41) is 13.3. The fourth-order valence-corrected chi connectivity index (χ4v) is 3.16. The Morgan fingerprint density at radius 2 is 1.88 bits per heavy atom. The van der Waals surface area contributed by atoms with Gasteiger partial charge >= 0.3 is 6.18 Å². The third-order valence-corrected chi connectivity index (χ3v) is 4.21. The van der Waals surface area contributed by atoms with Crippen molar-refractivity contribution in [1.82, 2.24) is 0 Å². The predicted molar refractivity (Wildman–Crippen MR) is 94.0 cm³/mol. The lowest BCUT2D eigenvalue weighted by atomic mass is 9.98. The van der Waals surface area contributed by atoms with Crippen LogP contribution in [0.15, 0.2) is 36.4 Å². The van der Waals surface area contributed by atoms with Gasteiger partial charge < -0.3 is 15.3 Å². The van der Waals surface area contributed by atoms with Gasteiger partial charge in [0.25, 0.3) is 0 Å². The van der Waals surface area contributed by atoms with Crippen molar-refractivity contribution in [3.05, 3.63) is 47.0 Å². The zero-order valence-electron chi connectivity index (χ0n) is 13.8. The number of rotatable bonds is 3. The molecule has 3 nitrogen and oxygen atoms in total. The molecule has 1 aliphatic rings. The monoisotopic (exact) mass is 370 g/mol. The van der Waals surface area contributed by atoms with Crippen LogP contribution >= 0.6 is 11.6 Å². The van der Waals surface area contributed by atoms with Crippen LogP contribution in [0, 0.1) is 0 Å². The second kappa shape index (κ2) is 6.11. The van der Waals surface area contributed by atoms with Crippen LogP contribution < -0.4 is 10.2 Å². The molecule has 0 aromatic heterocycles. The highest BCUT2D eigenvalue weighted by Gasteiger charge is 2.34. The number of hydrogen-bond donors (Lipinski definition) is 2. The van der Waals surface area contributed by atoms with Gasteiger partial charge in [0.2, 0.25) is 0 Å². The number of halogens is 4. The van der Waals surface area contributed by atoms with Crippen molar-refractivity contribution >= 4 is 23.0 Å². The normalized spacial score (nSPS) is 14.4. The fourth-order valence-electron chi connectivity index (χ4n) is 2.99. The Hall–Kier alpha value is -1.92. The number of nitrogens with zero attached hydrogens (tertiary/aromatic N) is 1. The van der Waals surface area contributed by atoms with Crippen molar-refractivity contribution in [2.75, 3.05) is 23.4 Å². The predicted octanol–water partition coefficient (Wildman–Crippen LogP) is 4.99. The molecule has 0 saturated heterocycles. The highest BCUT2D eigenvalue weighted by molar-refractivity contribution is 6.30. The highest BCUT2D eigenvalue weighted by atomic mass is 35.5. The average molecular weight is 371 g/mol. The third-order valence-electron chi connectivity index (χ3n) is 3.97. The fraction of sp³-hybridized carbons (Fsp3) is 0.333. The standard InChI is InChI=1S/C18H18ClF3N2O/c1-17(2,25)9-24-10-23-15-6-3-11(7-16(15)24)13-5-4-12(19)8-14(13)18(20,21)22/h3-8,23,25H,9-10H2,1-2H3. The van der Waals surface area contributed by atoms with E-state index < -0.39 is 17.3 Å². The maximum Gasteiger partial charge on any atom is 0.417 e. The summed E-state index contributed by atoms with van der Waals surface area (Å²) >= 11 is 5.75.